The Labute approximate surface area is 88.3 Å². The number of nitrogen functional groups attached to an aromatic ring is 1. The Morgan fingerprint density at radius 3 is 2.47 bits per heavy atom. The zero-order valence-electron chi connectivity index (χ0n) is 9.03. The fourth-order valence-corrected chi connectivity index (χ4v) is 1.11. The number of pyridine rings is 1. The van der Waals surface area contributed by atoms with Gasteiger partial charge in [-0.2, -0.15) is 0 Å². The van der Waals surface area contributed by atoms with Crippen LogP contribution in [0.3, 0.4) is 0 Å². The number of hydrazine groups is 1. The molecule has 4 N–H and O–H groups in total. The number of hydrogen-bond donors (Lipinski definition) is 3. The minimum Gasteiger partial charge on any atom is -0.478 e. The summed E-state index contributed by atoms with van der Waals surface area (Å²) in [6, 6.07) is 2.96. The molecule has 0 aliphatic heterocycles. The highest BCUT2D eigenvalue weighted by Gasteiger charge is 2.18. The van der Waals surface area contributed by atoms with Gasteiger partial charge in [0.1, 0.15) is 5.82 Å². The SMILES string of the molecule is CC(C)(C)c1cc(C(=O)O)cc(NN)n1. The predicted molar refractivity (Wildman–Crippen MR) is 57.7 cm³/mol. The number of nitrogens with one attached hydrogen (secondary N) is 1. The van der Waals surface area contributed by atoms with E-state index in [0.29, 0.717) is 11.5 Å². The fraction of sp³-hybridized carbons (Fsp3) is 0.400. The van der Waals surface area contributed by atoms with Crippen molar-refractivity contribution < 1.29 is 9.90 Å². The molecule has 0 spiro atoms. The average molecular weight is 209 g/mol. The van der Waals surface area contributed by atoms with Crippen molar-refractivity contribution in [3.8, 4) is 0 Å². The molecule has 82 valence electrons. The largest absolute Gasteiger partial charge is 0.478 e. The van der Waals surface area contributed by atoms with Crippen LogP contribution in [0.2, 0.25) is 0 Å². The van der Waals surface area contributed by atoms with Crippen molar-refractivity contribution in [1.29, 1.82) is 0 Å². The van der Waals surface area contributed by atoms with Gasteiger partial charge < -0.3 is 10.5 Å². The number of nitrogens with two attached hydrogens (primary N) is 1. The van der Waals surface area contributed by atoms with Gasteiger partial charge in [0.05, 0.1) is 5.56 Å². The summed E-state index contributed by atoms with van der Waals surface area (Å²) < 4.78 is 0. The minimum absolute atomic E-state index is 0.183. The molecule has 1 aromatic heterocycles. The van der Waals surface area contributed by atoms with Crippen molar-refractivity contribution in [2.24, 2.45) is 5.84 Å². The van der Waals surface area contributed by atoms with E-state index in [-0.39, 0.29) is 11.0 Å². The summed E-state index contributed by atoms with van der Waals surface area (Å²) in [6.07, 6.45) is 0. The number of carboxylic acids is 1. The van der Waals surface area contributed by atoms with E-state index in [2.05, 4.69) is 10.4 Å². The van der Waals surface area contributed by atoms with Gasteiger partial charge in [0.2, 0.25) is 0 Å². The van der Waals surface area contributed by atoms with E-state index in [4.69, 9.17) is 10.9 Å². The molecule has 5 heteroatoms. The highest BCUT2D eigenvalue weighted by atomic mass is 16.4. The van der Waals surface area contributed by atoms with Gasteiger partial charge in [-0.15, -0.1) is 0 Å². The Morgan fingerprint density at radius 2 is 2.07 bits per heavy atom. The second-order valence-electron chi connectivity index (χ2n) is 4.33. The van der Waals surface area contributed by atoms with Crippen LogP contribution in [-0.2, 0) is 5.41 Å². The summed E-state index contributed by atoms with van der Waals surface area (Å²) in [7, 11) is 0. The Hall–Kier alpha value is -1.62. The third kappa shape index (κ3) is 2.66. The van der Waals surface area contributed by atoms with Crippen LogP contribution in [0.5, 0.6) is 0 Å². The van der Waals surface area contributed by atoms with Crippen LogP contribution in [0.1, 0.15) is 36.8 Å². The Balaban J connectivity index is 3.30. The van der Waals surface area contributed by atoms with Crippen molar-refractivity contribution >= 4 is 11.8 Å². The quantitative estimate of drug-likeness (QED) is 0.505. The molecule has 0 bridgehead atoms. The topological polar surface area (TPSA) is 88.2 Å². The first-order valence-electron chi connectivity index (χ1n) is 4.57. The maximum atomic E-state index is 10.9. The lowest BCUT2D eigenvalue weighted by atomic mass is 9.91. The Kier molecular flexibility index (Phi) is 2.95. The van der Waals surface area contributed by atoms with Gasteiger partial charge in [-0.1, -0.05) is 20.8 Å². The van der Waals surface area contributed by atoms with E-state index in [9.17, 15) is 4.79 Å². The molecule has 0 saturated carbocycles. The van der Waals surface area contributed by atoms with Crippen LogP contribution in [-0.4, -0.2) is 16.1 Å². The average Bonchev–Trinajstić information content (AvgIpc) is 2.15. The van der Waals surface area contributed by atoms with E-state index >= 15 is 0 Å². The first-order valence-corrected chi connectivity index (χ1v) is 4.57. The molecule has 0 unspecified atom stereocenters. The highest BCUT2D eigenvalue weighted by Crippen LogP contribution is 2.23. The molecule has 0 aromatic carbocycles. The van der Waals surface area contributed by atoms with E-state index in [1.165, 1.54) is 6.07 Å². The molecule has 0 amide bonds. The normalized spacial score (nSPS) is 11.2. The van der Waals surface area contributed by atoms with Gasteiger partial charge in [-0.3, -0.25) is 0 Å². The zero-order chi connectivity index (χ0) is 11.6. The molecule has 0 radical (unpaired) electrons. The molecule has 0 aliphatic rings. The molecule has 5 nitrogen and oxygen atoms in total. The smallest absolute Gasteiger partial charge is 0.335 e. The summed E-state index contributed by atoms with van der Waals surface area (Å²) >= 11 is 0. The molecule has 1 rings (SSSR count). The minimum atomic E-state index is -0.987. The highest BCUT2D eigenvalue weighted by molar-refractivity contribution is 5.88. The lowest BCUT2D eigenvalue weighted by Crippen LogP contribution is -2.18. The van der Waals surface area contributed by atoms with Gasteiger partial charge in [0, 0.05) is 11.1 Å². The maximum Gasteiger partial charge on any atom is 0.335 e. The number of anilines is 1. The van der Waals surface area contributed by atoms with Crippen molar-refractivity contribution in [2.75, 3.05) is 5.43 Å². The molecule has 0 saturated heterocycles. The zero-order valence-corrected chi connectivity index (χ0v) is 9.03. The number of carbonyl (C=O) groups is 1. The van der Waals surface area contributed by atoms with E-state index in [0.717, 1.165) is 0 Å². The summed E-state index contributed by atoms with van der Waals surface area (Å²) in [6.45, 7) is 5.88. The molecule has 15 heavy (non-hydrogen) atoms. The third-order valence-electron chi connectivity index (χ3n) is 1.99. The molecular weight excluding hydrogens is 194 g/mol. The van der Waals surface area contributed by atoms with Crippen LogP contribution in [0.25, 0.3) is 0 Å². The Morgan fingerprint density at radius 1 is 1.47 bits per heavy atom. The van der Waals surface area contributed by atoms with Gasteiger partial charge in [0.15, 0.2) is 0 Å². The van der Waals surface area contributed by atoms with E-state index in [1.54, 1.807) is 6.07 Å². The fourth-order valence-electron chi connectivity index (χ4n) is 1.11. The van der Waals surface area contributed by atoms with Gasteiger partial charge >= 0.3 is 5.97 Å². The molecule has 0 atom stereocenters. The second-order valence-corrected chi connectivity index (χ2v) is 4.33. The number of hydrogen-bond acceptors (Lipinski definition) is 4. The van der Waals surface area contributed by atoms with E-state index in [1.807, 2.05) is 20.8 Å². The van der Waals surface area contributed by atoms with Gasteiger partial charge in [-0.25, -0.2) is 15.6 Å². The second kappa shape index (κ2) is 3.86. The lowest BCUT2D eigenvalue weighted by Gasteiger charge is -2.19. The molecular formula is C10H15N3O2. The predicted octanol–water partition coefficient (Wildman–Crippen LogP) is 1.36. The standard InChI is InChI=1S/C10H15N3O2/c1-10(2,3)7-4-6(9(14)15)5-8(12-7)13-11/h4-5H,11H2,1-3H3,(H,12,13)(H,14,15). The molecule has 0 aliphatic carbocycles. The first kappa shape index (κ1) is 11.5. The van der Waals surface area contributed by atoms with Crippen LogP contribution in [0, 0.1) is 0 Å². The summed E-state index contributed by atoms with van der Waals surface area (Å²) in [5, 5.41) is 8.90. The van der Waals surface area contributed by atoms with Crippen molar-refractivity contribution in [3.63, 3.8) is 0 Å². The van der Waals surface area contributed by atoms with Gasteiger partial charge in [0.25, 0.3) is 0 Å². The number of carboxylic acid groups (broad SMARTS) is 1. The molecule has 1 aromatic rings. The summed E-state index contributed by atoms with van der Waals surface area (Å²) in [5.74, 6) is 4.60. The van der Waals surface area contributed by atoms with Crippen LogP contribution >= 0.6 is 0 Å². The lowest BCUT2D eigenvalue weighted by molar-refractivity contribution is 0.0696. The van der Waals surface area contributed by atoms with Crippen molar-refractivity contribution in [2.45, 2.75) is 26.2 Å². The van der Waals surface area contributed by atoms with Gasteiger partial charge in [-0.05, 0) is 12.1 Å². The van der Waals surface area contributed by atoms with Crippen molar-refractivity contribution in [1.82, 2.24) is 4.98 Å². The number of aromatic carboxylic acids is 1. The van der Waals surface area contributed by atoms with Crippen molar-refractivity contribution in [3.05, 3.63) is 23.4 Å². The number of nitrogens with zero attached hydrogens (tertiary/aromatic N) is 1. The first-order chi connectivity index (χ1) is 6.84. The number of aromatic nitrogens is 1. The van der Waals surface area contributed by atoms with E-state index < -0.39 is 5.97 Å². The van der Waals surface area contributed by atoms with Crippen LogP contribution in [0.15, 0.2) is 12.1 Å². The Bertz CT molecular complexity index is 383. The summed E-state index contributed by atoms with van der Waals surface area (Å²) in [5.41, 5.74) is 3.02. The maximum absolute atomic E-state index is 10.9. The third-order valence-corrected chi connectivity index (χ3v) is 1.99. The molecule has 0 fully saturated rings. The summed E-state index contributed by atoms with van der Waals surface area (Å²) in [4.78, 5) is 15.1. The van der Waals surface area contributed by atoms with Crippen LogP contribution in [0.4, 0.5) is 5.82 Å². The number of rotatable bonds is 2. The van der Waals surface area contributed by atoms with Crippen LogP contribution < -0.4 is 11.3 Å². The molecule has 1 heterocycles. The monoisotopic (exact) mass is 209 g/mol.